The molecule has 0 radical (unpaired) electrons. The van der Waals surface area contributed by atoms with Crippen molar-refractivity contribution in [2.24, 2.45) is 11.3 Å². The molecule has 0 aliphatic heterocycles. The van der Waals surface area contributed by atoms with Crippen molar-refractivity contribution in [3.8, 4) is 17.6 Å². The number of hydrogen-bond acceptors (Lipinski definition) is 4. The molecule has 4 nitrogen and oxygen atoms in total. The van der Waals surface area contributed by atoms with Crippen LogP contribution in [0.4, 0.5) is 0 Å². The fourth-order valence-electron chi connectivity index (χ4n) is 3.34. The van der Waals surface area contributed by atoms with Crippen molar-refractivity contribution in [3.63, 3.8) is 0 Å². The zero-order chi connectivity index (χ0) is 15.5. The first-order valence-electron chi connectivity index (χ1n) is 7.37. The second-order valence-corrected chi connectivity index (χ2v) is 5.98. The van der Waals surface area contributed by atoms with Crippen LogP contribution < -0.4 is 9.47 Å². The van der Waals surface area contributed by atoms with Crippen molar-refractivity contribution in [2.75, 3.05) is 14.2 Å². The summed E-state index contributed by atoms with van der Waals surface area (Å²) in [6.45, 7) is 2.14. The lowest BCUT2D eigenvalue weighted by molar-refractivity contribution is 0.0203. The van der Waals surface area contributed by atoms with Gasteiger partial charge in [-0.2, -0.15) is 5.26 Å². The fourth-order valence-corrected chi connectivity index (χ4v) is 3.34. The van der Waals surface area contributed by atoms with E-state index in [0.717, 1.165) is 25.7 Å². The molecule has 4 heteroatoms. The van der Waals surface area contributed by atoms with E-state index in [2.05, 4.69) is 13.0 Å². The molecule has 2 rings (SSSR count). The standard InChI is InChI=1S/C17H23NO3/c1-12-5-4-8-17(10-12,11-18)16(19)14-7-6-13(20-2)9-15(14)21-3/h6-7,9,12,16,19H,4-5,8,10H2,1-3H3. The molecular weight excluding hydrogens is 266 g/mol. The molecule has 0 amide bonds. The van der Waals surface area contributed by atoms with Crippen LogP contribution in [0.3, 0.4) is 0 Å². The van der Waals surface area contributed by atoms with Crippen molar-refractivity contribution in [3.05, 3.63) is 23.8 Å². The summed E-state index contributed by atoms with van der Waals surface area (Å²) in [6, 6.07) is 7.72. The van der Waals surface area contributed by atoms with Gasteiger partial charge in [-0.1, -0.05) is 19.8 Å². The number of rotatable bonds is 4. The van der Waals surface area contributed by atoms with Crippen LogP contribution in [0, 0.1) is 22.7 Å². The number of benzene rings is 1. The monoisotopic (exact) mass is 289 g/mol. The largest absolute Gasteiger partial charge is 0.497 e. The quantitative estimate of drug-likeness (QED) is 0.922. The van der Waals surface area contributed by atoms with Gasteiger partial charge in [-0.15, -0.1) is 0 Å². The lowest BCUT2D eigenvalue weighted by Gasteiger charge is -2.38. The van der Waals surface area contributed by atoms with Crippen LogP contribution in [-0.2, 0) is 0 Å². The van der Waals surface area contributed by atoms with E-state index in [9.17, 15) is 10.4 Å². The first kappa shape index (κ1) is 15.7. The van der Waals surface area contributed by atoms with Gasteiger partial charge in [0.15, 0.2) is 0 Å². The van der Waals surface area contributed by atoms with Gasteiger partial charge in [-0.05, 0) is 30.9 Å². The van der Waals surface area contributed by atoms with Crippen molar-refractivity contribution < 1.29 is 14.6 Å². The number of aliphatic hydroxyl groups excluding tert-OH is 1. The molecule has 1 aromatic carbocycles. The predicted molar refractivity (Wildman–Crippen MR) is 80.2 cm³/mol. The van der Waals surface area contributed by atoms with Crippen LogP contribution in [0.1, 0.15) is 44.3 Å². The molecule has 3 unspecified atom stereocenters. The van der Waals surface area contributed by atoms with E-state index in [1.165, 1.54) is 0 Å². The summed E-state index contributed by atoms with van der Waals surface area (Å²) in [5, 5.41) is 20.5. The number of ether oxygens (including phenoxy) is 2. The third-order valence-corrected chi connectivity index (χ3v) is 4.51. The van der Waals surface area contributed by atoms with E-state index in [-0.39, 0.29) is 0 Å². The molecule has 0 bridgehead atoms. The maximum absolute atomic E-state index is 10.8. The molecule has 0 heterocycles. The first-order valence-corrected chi connectivity index (χ1v) is 7.37. The van der Waals surface area contributed by atoms with Crippen LogP contribution in [0.2, 0.25) is 0 Å². The number of aliphatic hydroxyl groups is 1. The van der Waals surface area contributed by atoms with E-state index < -0.39 is 11.5 Å². The van der Waals surface area contributed by atoms with E-state index in [1.807, 2.05) is 0 Å². The molecule has 1 saturated carbocycles. The third kappa shape index (κ3) is 2.98. The minimum atomic E-state index is -0.842. The summed E-state index contributed by atoms with van der Waals surface area (Å²) in [4.78, 5) is 0. The van der Waals surface area contributed by atoms with E-state index in [1.54, 1.807) is 32.4 Å². The SMILES string of the molecule is COc1ccc(C(O)C2(C#N)CCCC(C)C2)c(OC)c1. The van der Waals surface area contributed by atoms with E-state index in [4.69, 9.17) is 9.47 Å². The van der Waals surface area contributed by atoms with E-state index in [0.29, 0.717) is 23.0 Å². The molecule has 1 N–H and O–H groups in total. The molecule has 1 fully saturated rings. The van der Waals surface area contributed by atoms with Crippen molar-refractivity contribution in [1.82, 2.24) is 0 Å². The Morgan fingerprint density at radius 2 is 2.14 bits per heavy atom. The van der Waals surface area contributed by atoms with Gasteiger partial charge in [-0.25, -0.2) is 0 Å². The summed E-state index contributed by atoms with van der Waals surface area (Å²) in [6.07, 6.45) is 2.70. The van der Waals surface area contributed by atoms with Crippen molar-refractivity contribution in [2.45, 2.75) is 38.7 Å². The van der Waals surface area contributed by atoms with Gasteiger partial charge in [0.25, 0.3) is 0 Å². The van der Waals surface area contributed by atoms with Crippen LogP contribution in [0.15, 0.2) is 18.2 Å². The number of nitrogens with zero attached hydrogens (tertiary/aromatic N) is 1. The highest BCUT2D eigenvalue weighted by molar-refractivity contribution is 5.43. The molecule has 114 valence electrons. The molecule has 21 heavy (non-hydrogen) atoms. The van der Waals surface area contributed by atoms with Crippen molar-refractivity contribution >= 4 is 0 Å². The Hall–Kier alpha value is -1.73. The fraction of sp³-hybridized carbons (Fsp3) is 0.588. The topological polar surface area (TPSA) is 62.5 Å². The number of methoxy groups -OCH3 is 2. The van der Waals surface area contributed by atoms with Gasteiger partial charge in [0.05, 0.1) is 25.7 Å². The van der Waals surface area contributed by atoms with Crippen LogP contribution >= 0.6 is 0 Å². The van der Waals surface area contributed by atoms with Gasteiger partial charge in [0.2, 0.25) is 0 Å². The zero-order valence-corrected chi connectivity index (χ0v) is 12.9. The summed E-state index contributed by atoms with van der Waals surface area (Å²) in [5.41, 5.74) is -0.0616. The van der Waals surface area contributed by atoms with Gasteiger partial charge < -0.3 is 14.6 Å². The average Bonchev–Trinajstić information content (AvgIpc) is 2.53. The zero-order valence-electron chi connectivity index (χ0n) is 12.9. The lowest BCUT2D eigenvalue weighted by atomic mass is 9.66. The Morgan fingerprint density at radius 1 is 1.38 bits per heavy atom. The molecule has 1 aliphatic carbocycles. The number of nitriles is 1. The molecule has 0 aromatic heterocycles. The summed E-state index contributed by atoms with van der Waals surface area (Å²) < 4.78 is 10.5. The lowest BCUT2D eigenvalue weighted by Crippen LogP contribution is -2.33. The summed E-state index contributed by atoms with van der Waals surface area (Å²) in [5.74, 6) is 1.69. The van der Waals surface area contributed by atoms with Crippen LogP contribution in [0.5, 0.6) is 11.5 Å². The minimum Gasteiger partial charge on any atom is -0.497 e. The van der Waals surface area contributed by atoms with Gasteiger partial charge in [0, 0.05) is 11.6 Å². The third-order valence-electron chi connectivity index (χ3n) is 4.51. The highest BCUT2D eigenvalue weighted by Gasteiger charge is 2.43. The summed E-state index contributed by atoms with van der Waals surface area (Å²) >= 11 is 0. The second kappa shape index (κ2) is 6.36. The Kier molecular flexibility index (Phi) is 4.74. The van der Waals surface area contributed by atoms with Crippen molar-refractivity contribution in [1.29, 1.82) is 5.26 Å². The smallest absolute Gasteiger partial charge is 0.128 e. The van der Waals surface area contributed by atoms with Crippen LogP contribution in [-0.4, -0.2) is 19.3 Å². The average molecular weight is 289 g/mol. The Bertz CT molecular complexity index is 537. The summed E-state index contributed by atoms with van der Waals surface area (Å²) in [7, 11) is 3.15. The molecule has 1 aromatic rings. The van der Waals surface area contributed by atoms with Gasteiger partial charge in [0.1, 0.15) is 17.6 Å². The Labute approximate surface area is 126 Å². The molecule has 0 spiro atoms. The molecular formula is C17H23NO3. The maximum atomic E-state index is 10.8. The Balaban J connectivity index is 2.38. The van der Waals surface area contributed by atoms with Gasteiger partial charge >= 0.3 is 0 Å². The van der Waals surface area contributed by atoms with E-state index >= 15 is 0 Å². The maximum Gasteiger partial charge on any atom is 0.128 e. The second-order valence-electron chi connectivity index (χ2n) is 5.98. The first-order chi connectivity index (χ1) is 10.1. The highest BCUT2D eigenvalue weighted by atomic mass is 16.5. The number of hydrogen-bond donors (Lipinski definition) is 1. The normalized spacial score (nSPS) is 26.7. The van der Waals surface area contributed by atoms with Crippen LogP contribution in [0.25, 0.3) is 0 Å². The predicted octanol–water partition coefficient (Wildman–Crippen LogP) is 3.46. The molecule has 3 atom stereocenters. The highest BCUT2D eigenvalue weighted by Crippen LogP contribution is 2.49. The minimum absolute atomic E-state index is 0.456. The van der Waals surface area contributed by atoms with Gasteiger partial charge in [-0.3, -0.25) is 0 Å². The Morgan fingerprint density at radius 3 is 2.71 bits per heavy atom. The molecule has 1 aliphatic rings. The molecule has 0 saturated heterocycles.